The summed E-state index contributed by atoms with van der Waals surface area (Å²) in [5.41, 5.74) is 2.24. The lowest BCUT2D eigenvalue weighted by molar-refractivity contribution is -0.138. The van der Waals surface area contributed by atoms with Crippen LogP contribution in [0.4, 0.5) is 22.0 Å². The Morgan fingerprint density at radius 2 is 1.94 bits per heavy atom. The van der Waals surface area contributed by atoms with Crippen molar-refractivity contribution in [3.05, 3.63) is 27.5 Å². The lowest BCUT2D eigenvalue weighted by Gasteiger charge is -2.15. The van der Waals surface area contributed by atoms with E-state index < -0.39 is 36.0 Å². The summed E-state index contributed by atoms with van der Waals surface area (Å²) >= 11 is 2.65. The van der Waals surface area contributed by atoms with Gasteiger partial charge < -0.3 is 5.73 Å². The molecule has 0 saturated heterocycles. The van der Waals surface area contributed by atoms with Crippen LogP contribution in [0.1, 0.15) is 23.2 Å². The van der Waals surface area contributed by atoms with Crippen LogP contribution in [-0.2, 0) is 12.7 Å². The molecule has 0 aliphatic carbocycles. The number of alkyl halides is 5. The zero-order valence-electron chi connectivity index (χ0n) is 7.65. The number of rotatable bonds is 2. The topological polar surface area (TPSA) is 38.9 Å². The Bertz CT molecular complexity index is 391. The normalized spacial score (nSPS) is 12.2. The summed E-state index contributed by atoms with van der Waals surface area (Å²) in [6.07, 6.45) is -7.83. The molecule has 0 aliphatic rings. The third kappa shape index (κ3) is 2.67. The van der Waals surface area contributed by atoms with Crippen molar-refractivity contribution < 1.29 is 22.0 Å². The highest BCUT2D eigenvalue weighted by Gasteiger charge is 2.36. The number of halogens is 6. The highest BCUT2D eigenvalue weighted by Crippen LogP contribution is 2.36. The Balaban J connectivity index is 3.49. The first-order valence-corrected chi connectivity index (χ1v) is 4.81. The third-order valence-corrected chi connectivity index (χ3v) is 2.25. The van der Waals surface area contributed by atoms with Crippen molar-refractivity contribution in [2.75, 3.05) is 0 Å². The van der Waals surface area contributed by atoms with Gasteiger partial charge in [-0.3, -0.25) is 0 Å². The van der Waals surface area contributed by atoms with Crippen molar-refractivity contribution in [2.24, 2.45) is 5.73 Å². The summed E-state index contributed by atoms with van der Waals surface area (Å²) in [6.45, 7) is -0.644. The molecule has 0 spiro atoms. The van der Waals surface area contributed by atoms with Gasteiger partial charge in [0.05, 0.1) is 5.56 Å². The predicted octanol–water partition coefficient (Wildman–Crippen LogP) is 3.26. The van der Waals surface area contributed by atoms with E-state index in [4.69, 9.17) is 5.73 Å². The Morgan fingerprint density at radius 1 is 1.38 bits per heavy atom. The second-order valence-electron chi connectivity index (χ2n) is 2.86. The Morgan fingerprint density at radius 3 is 2.31 bits per heavy atom. The summed E-state index contributed by atoms with van der Waals surface area (Å²) < 4.78 is 62.1. The highest BCUT2D eigenvalue weighted by molar-refractivity contribution is 9.10. The molecule has 0 aromatic carbocycles. The quantitative estimate of drug-likeness (QED) is 0.673. The van der Waals surface area contributed by atoms with Gasteiger partial charge in [-0.05, 0) is 22.0 Å². The molecular formula is C8H6BrF5N2. The maximum Gasteiger partial charge on any atom is 0.416 e. The first-order chi connectivity index (χ1) is 7.27. The molecule has 0 bridgehead atoms. The highest BCUT2D eigenvalue weighted by atomic mass is 79.9. The van der Waals surface area contributed by atoms with E-state index in [1.807, 2.05) is 0 Å². The Kier molecular flexibility index (Phi) is 3.84. The monoisotopic (exact) mass is 304 g/mol. The first-order valence-electron chi connectivity index (χ1n) is 4.02. The van der Waals surface area contributed by atoms with E-state index in [9.17, 15) is 22.0 Å². The SMILES string of the molecule is NCc1c(C(F)(F)F)cc(Br)nc1C(F)F. The minimum atomic E-state index is -4.73. The van der Waals surface area contributed by atoms with Gasteiger partial charge >= 0.3 is 6.18 Å². The van der Waals surface area contributed by atoms with Gasteiger partial charge in [0, 0.05) is 12.1 Å². The van der Waals surface area contributed by atoms with Crippen LogP contribution >= 0.6 is 15.9 Å². The van der Waals surface area contributed by atoms with Crippen LogP contribution in [0, 0.1) is 0 Å². The van der Waals surface area contributed by atoms with Crippen LogP contribution in [0.3, 0.4) is 0 Å². The minimum absolute atomic E-state index is 0.299. The van der Waals surface area contributed by atoms with Crippen LogP contribution in [0.15, 0.2) is 10.7 Å². The van der Waals surface area contributed by atoms with Crippen molar-refractivity contribution in [1.29, 1.82) is 0 Å². The second kappa shape index (κ2) is 4.62. The van der Waals surface area contributed by atoms with Crippen LogP contribution in [0.2, 0.25) is 0 Å². The summed E-state index contributed by atoms with van der Waals surface area (Å²) in [5.74, 6) is 0. The number of nitrogens with two attached hydrogens (primary N) is 1. The van der Waals surface area contributed by atoms with E-state index in [0.717, 1.165) is 0 Å². The van der Waals surface area contributed by atoms with Gasteiger partial charge in [0.15, 0.2) is 0 Å². The van der Waals surface area contributed by atoms with Gasteiger partial charge in [0.25, 0.3) is 6.43 Å². The lowest BCUT2D eigenvalue weighted by Crippen LogP contribution is -2.16. The molecule has 0 radical (unpaired) electrons. The zero-order chi connectivity index (χ0) is 12.5. The van der Waals surface area contributed by atoms with E-state index in [2.05, 4.69) is 20.9 Å². The van der Waals surface area contributed by atoms with Gasteiger partial charge in [-0.15, -0.1) is 0 Å². The van der Waals surface area contributed by atoms with Gasteiger partial charge in [-0.25, -0.2) is 13.8 Å². The fraction of sp³-hybridized carbons (Fsp3) is 0.375. The fourth-order valence-corrected chi connectivity index (χ4v) is 1.63. The number of pyridine rings is 1. The smallest absolute Gasteiger partial charge is 0.326 e. The Hall–Kier alpha value is -0.760. The molecule has 8 heteroatoms. The molecule has 1 aromatic rings. The van der Waals surface area contributed by atoms with Crippen LogP contribution in [0.25, 0.3) is 0 Å². The molecule has 1 rings (SSSR count). The van der Waals surface area contributed by atoms with Crippen molar-refractivity contribution in [3.63, 3.8) is 0 Å². The summed E-state index contributed by atoms with van der Waals surface area (Å²) in [4.78, 5) is 3.30. The number of aromatic nitrogens is 1. The lowest BCUT2D eigenvalue weighted by atomic mass is 10.1. The van der Waals surface area contributed by atoms with Crippen LogP contribution in [0.5, 0.6) is 0 Å². The van der Waals surface area contributed by atoms with Crippen molar-refractivity contribution in [2.45, 2.75) is 19.1 Å². The number of nitrogens with zero attached hydrogens (tertiary/aromatic N) is 1. The maximum atomic E-state index is 12.5. The Labute approximate surface area is 95.8 Å². The molecule has 0 unspecified atom stereocenters. The minimum Gasteiger partial charge on any atom is -0.326 e. The predicted molar refractivity (Wildman–Crippen MR) is 49.8 cm³/mol. The van der Waals surface area contributed by atoms with Gasteiger partial charge in [-0.2, -0.15) is 13.2 Å². The molecule has 0 saturated carbocycles. The second-order valence-corrected chi connectivity index (χ2v) is 3.67. The first kappa shape index (κ1) is 13.3. The molecule has 2 nitrogen and oxygen atoms in total. The van der Waals surface area contributed by atoms with Crippen molar-refractivity contribution in [1.82, 2.24) is 4.98 Å². The third-order valence-electron chi connectivity index (χ3n) is 1.84. The van der Waals surface area contributed by atoms with Crippen molar-refractivity contribution >= 4 is 15.9 Å². The summed E-state index contributed by atoms with van der Waals surface area (Å²) in [7, 11) is 0. The average Bonchev–Trinajstić information content (AvgIpc) is 2.14. The van der Waals surface area contributed by atoms with Gasteiger partial charge in [0.1, 0.15) is 10.3 Å². The molecule has 1 heterocycles. The molecule has 16 heavy (non-hydrogen) atoms. The number of hydrogen-bond donors (Lipinski definition) is 1. The zero-order valence-corrected chi connectivity index (χ0v) is 9.24. The molecule has 0 fully saturated rings. The largest absolute Gasteiger partial charge is 0.416 e. The molecule has 2 N–H and O–H groups in total. The average molecular weight is 305 g/mol. The maximum absolute atomic E-state index is 12.5. The molecule has 90 valence electrons. The number of hydrogen-bond acceptors (Lipinski definition) is 2. The molecule has 0 aliphatic heterocycles. The standard InChI is InChI=1S/C8H6BrF5N2/c9-5-1-4(8(12,13)14)3(2-15)6(16-5)7(10)11/h1,7H,2,15H2. The summed E-state index contributed by atoms with van der Waals surface area (Å²) in [6, 6.07) is 0.633. The molecule has 1 aromatic heterocycles. The fourth-order valence-electron chi connectivity index (χ4n) is 1.21. The van der Waals surface area contributed by atoms with E-state index >= 15 is 0 Å². The van der Waals surface area contributed by atoms with Crippen LogP contribution in [-0.4, -0.2) is 4.98 Å². The summed E-state index contributed by atoms with van der Waals surface area (Å²) in [5, 5.41) is 0. The molecule has 0 amide bonds. The van der Waals surface area contributed by atoms with E-state index in [-0.39, 0.29) is 4.60 Å². The molecule has 0 atom stereocenters. The van der Waals surface area contributed by atoms with E-state index in [1.165, 1.54) is 0 Å². The molecular weight excluding hydrogens is 299 g/mol. The van der Waals surface area contributed by atoms with Crippen molar-refractivity contribution in [3.8, 4) is 0 Å². The van der Waals surface area contributed by atoms with Gasteiger partial charge in [-0.1, -0.05) is 0 Å². The van der Waals surface area contributed by atoms with Crippen LogP contribution < -0.4 is 5.73 Å². The van der Waals surface area contributed by atoms with E-state index in [0.29, 0.717) is 6.07 Å². The van der Waals surface area contributed by atoms with Gasteiger partial charge in [0.2, 0.25) is 0 Å². The van der Waals surface area contributed by atoms with E-state index in [1.54, 1.807) is 0 Å².